The Morgan fingerprint density at radius 3 is 1.78 bits per heavy atom. The van der Waals surface area contributed by atoms with Crippen molar-refractivity contribution >= 4 is 27.9 Å². The van der Waals surface area contributed by atoms with E-state index in [4.69, 9.17) is 0 Å². The lowest BCUT2D eigenvalue weighted by molar-refractivity contribution is 0.104. The SMILES string of the molecule is C[Si](C)(C)N(c1cccc2c1C(=O)c1ccccc1-2)[Si](C)(C)C. The molecule has 2 nitrogen and oxygen atoms in total. The predicted molar refractivity (Wildman–Crippen MR) is 104 cm³/mol. The normalized spacial score (nSPS) is 13.7. The first-order valence-corrected chi connectivity index (χ1v) is 15.1. The van der Waals surface area contributed by atoms with Crippen molar-refractivity contribution in [2.45, 2.75) is 39.3 Å². The number of hydrogen-bond acceptors (Lipinski definition) is 2. The molecule has 0 atom stereocenters. The molecule has 0 N–H and O–H groups in total. The van der Waals surface area contributed by atoms with E-state index in [9.17, 15) is 4.79 Å². The molecule has 2 aromatic rings. The quantitative estimate of drug-likeness (QED) is 0.598. The fourth-order valence-corrected chi connectivity index (χ4v) is 13.8. The van der Waals surface area contributed by atoms with Crippen LogP contribution >= 0.6 is 0 Å². The van der Waals surface area contributed by atoms with Crippen LogP contribution in [0, 0.1) is 0 Å². The first-order valence-electron chi connectivity index (χ1n) is 8.20. The Morgan fingerprint density at radius 2 is 1.22 bits per heavy atom. The van der Waals surface area contributed by atoms with Crippen molar-refractivity contribution in [2.24, 2.45) is 0 Å². The Labute approximate surface area is 141 Å². The molecule has 23 heavy (non-hydrogen) atoms. The minimum Gasteiger partial charge on any atom is -0.424 e. The Bertz CT molecular complexity index is 771. The minimum absolute atomic E-state index is 0.188. The summed E-state index contributed by atoms with van der Waals surface area (Å²) < 4.78 is 2.64. The number of ketones is 1. The summed E-state index contributed by atoms with van der Waals surface area (Å²) in [6, 6.07) is 14.3. The molecule has 0 amide bonds. The van der Waals surface area contributed by atoms with Crippen LogP contribution in [0.2, 0.25) is 39.3 Å². The Kier molecular flexibility index (Phi) is 3.65. The van der Waals surface area contributed by atoms with E-state index in [-0.39, 0.29) is 5.78 Å². The first kappa shape index (κ1) is 16.2. The van der Waals surface area contributed by atoms with E-state index in [1.54, 1.807) is 0 Å². The summed E-state index contributed by atoms with van der Waals surface area (Å²) in [7, 11) is -3.19. The van der Waals surface area contributed by atoms with Gasteiger partial charge >= 0.3 is 0 Å². The van der Waals surface area contributed by atoms with Gasteiger partial charge in [-0.05, 0) is 17.2 Å². The molecule has 0 unspecified atom stereocenters. The summed E-state index contributed by atoms with van der Waals surface area (Å²) in [5, 5.41) is 0. The van der Waals surface area contributed by atoms with Gasteiger partial charge in [-0.3, -0.25) is 4.79 Å². The van der Waals surface area contributed by atoms with Gasteiger partial charge in [-0.15, -0.1) is 0 Å². The van der Waals surface area contributed by atoms with Gasteiger partial charge in [-0.25, -0.2) is 0 Å². The average molecular weight is 340 g/mol. The Hall–Kier alpha value is -1.66. The number of anilines is 1. The fourth-order valence-electron chi connectivity index (χ4n) is 3.97. The van der Waals surface area contributed by atoms with Gasteiger partial charge in [-0.2, -0.15) is 0 Å². The second-order valence-electron chi connectivity index (χ2n) is 8.25. The van der Waals surface area contributed by atoms with E-state index in [1.807, 2.05) is 18.2 Å². The molecule has 4 heteroatoms. The third-order valence-electron chi connectivity index (χ3n) is 4.31. The Morgan fingerprint density at radius 1 is 0.696 bits per heavy atom. The highest BCUT2D eigenvalue weighted by Gasteiger charge is 2.39. The summed E-state index contributed by atoms with van der Waals surface area (Å²) in [6.07, 6.45) is 0. The summed E-state index contributed by atoms with van der Waals surface area (Å²) in [5.41, 5.74) is 5.10. The lowest BCUT2D eigenvalue weighted by Gasteiger charge is -2.46. The van der Waals surface area contributed by atoms with Gasteiger partial charge in [0.15, 0.2) is 5.78 Å². The summed E-state index contributed by atoms with van der Waals surface area (Å²) in [6.45, 7) is 14.2. The van der Waals surface area contributed by atoms with Crippen LogP contribution < -0.4 is 4.23 Å². The molecule has 0 heterocycles. The van der Waals surface area contributed by atoms with Crippen LogP contribution in [0.3, 0.4) is 0 Å². The lowest BCUT2D eigenvalue weighted by atomic mass is 10.1. The number of hydrogen-bond donors (Lipinski definition) is 0. The van der Waals surface area contributed by atoms with Crippen LogP contribution in [0.25, 0.3) is 11.1 Å². The van der Waals surface area contributed by atoms with Gasteiger partial charge in [0.2, 0.25) is 0 Å². The number of rotatable bonds is 3. The van der Waals surface area contributed by atoms with Crippen LogP contribution in [-0.4, -0.2) is 22.3 Å². The van der Waals surface area contributed by atoms with Gasteiger partial charge in [0.25, 0.3) is 0 Å². The maximum absolute atomic E-state index is 13.1. The number of carbonyl (C=O) groups is 1. The topological polar surface area (TPSA) is 20.3 Å². The first-order chi connectivity index (χ1) is 10.6. The zero-order valence-corrected chi connectivity index (χ0v) is 16.9. The Balaban J connectivity index is 2.28. The van der Waals surface area contributed by atoms with Crippen molar-refractivity contribution < 1.29 is 4.79 Å². The molecule has 0 radical (unpaired) electrons. The standard InChI is InChI=1S/C19H25NOSi2/c1-22(2,3)20(23(4,5)6)17-13-9-12-15-14-10-7-8-11-16(14)19(21)18(15)17/h7-13H,1-6H3. The molecule has 1 aliphatic rings. The van der Waals surface area contributed by atoms with E-state index in [0.29, 0.717) is 0 Å². The molecule has 0 aromatic heterocycles. The van der Waals surface area contributed by atoms with Crippen LogP contribution in [-0.2, 0) is 0 Å². The minimum atomic E-state index is -1.60. The van der Waals surface area contributed by atoms with E-state index in [2.05, 4.69) is 67.8 Å². The highest BCUT2D eigenvalue weighted by Crippen LogP contribution is 2.43. The molecule has 0 aliphatic heterocycles. The molecule has 0 spiro atoms. The smallest absolute Gasteiger partial charge is 0.196 e. The van der Waals surface area contributed by atoms with Crippen molar-refractivity contribution in [3.8, 4) is 11.1 Å². The molecule has 3 rings (SSSR count). The molecular formula is C19H25NOSi2. The van der Waals surface area contributed by atoms with E-state index in [0.717, 1.165) is 27.9 Å². The van der Waals surface area contributed by atoms with Gasteiger partial charge < -0.3 is 4.23 Å². The van der Waals surface area contributed by atoms with E-state index < -0.39 is 16.5 Å². The maximum Gasteiger partial charge on any atom is 0.196 e. The van der Waals surface area contributed by atoms with E-state index in [1.165, 1.54) is 0 Å². The molecule has 0 bridgehead atoms. The van der Waals surface area contributed by atoms with E-state index >= 15 is 0 Å². The maximum atomic E-state index is 13.1. The van der Waals surface area contributed by atoms with Gasteiger partial charge in [-0.1, -0.05) is 75.7 Å². The number of fused-ring (bicyclic) bond motifs is 3. The molecular weight excluding hydrogens is 314 g/mol. The summed E-state index contributed by atoms with van der Waals surface area (Å²) >= 11 is 0. The molecule has 0 saturated heterocycles. The third-order valence-corrected chi connectivity index (χ3v) is 11.5. The fraction of sp³-hybridized carbons (Fsp3) is 0.316. The van der Waals surface area contributed by atoms with Crippen molar-refractivity contribution in [2.75, 3.05) is 4.23 Å². The molecule has 120 valence electrons. The monoisotopic (exact) mass is 339 g/mol. The average Bonchev–Trinajstić information content (AvgIpc) is 2.71. The second kappa shape index (κ2) is 5.18. The number of nitrogens with zero attached hydrogens (tertiary/aromatic N) is 1. The predicted octanol–water partition coefficient (Wildman–Crippen LogP) is 5.37. The second-order valence-corrected chi connectivity index (χ2v) is 18.3. The van der Waals surface area contributed by atoms with Crippen molar-refractivity contribution in [3.05, 3.63) is 53.6 Å². The molecule has 0 saturated carbocycles. The largest absolute Gasteiger partial charge is 0.424 e. The summed E-state index contributed by atoms with van der Waals surface area (Å²) in [4.78, 5) is 13.1. The lowest BCUT2D eigenvalue weighted by Crippen LogP contribution is -2.60. The van der Waals surface area contributed by atoms with Crippen LogP contribution in [0.4, 0.5) is 5.69 Å². The number of benzene rings is 2. The van der Waals surface area contributed by atoms with Crippen molar-refractivity contribution in [3.63, 3.8) is 0 Å². The third kappa shape index (κ3) is 2.60. The zero-order chi connectivity index (χ0) is 17.0. The van der Waals surface area contributed by atoms with Crippen molar-refractivity contribution in [1.82, 2.24) is 0 Å². The van der Waals surface area contributed by atoms with Gasteiger partial charge in [0.05, 0.1) is 5.56 Å². The molecule has 1 aliphatic carbocycles. The summed E-state index contributed by atoms with van der Waals surface area (Å²) in [5.74, 6) is 0.188. The van der Waals surface area contributed by atoms with Gasteiger partial charge in [0, 0.05) is 11.3 Å². The van der Waals surface area contributed by atoms with Crippen LogP contribution in [0.1, 0.15) is 15.9 Å². The zero-order valence-electron chi connectivity index (χ0n) is 14.9. The molecule has 2 aromatic carbocycles. The number of carbonyl (C=O) groups excluding carboxylic acids is 1. The van der Waals surface area contributed by atoms with Crippen molar-refractivity contribution in [1.29, 1.82) is 0 Å². The van der Waals surface area contributed by atoms with Crippen LogP contribution in [0.15, 0.2) is 42.5 Å². The molecule has 0 fully saturated rings. The highest BCUT2D eigenvalue weighted by molar-refractivity contribution is 6.99. The highest BCUT2D eigenvalue weighted by atomic mass is 28.4. The van der Waals surface area contributed by atoms with Crippen LogP contribution in [0.5, 0.6) is 0 Å². The van der Waals surface area contributed by atoms with Gasteiger partial charge in [0.1, 0.15) is 16.5 Å².